The molecule has 0 heterocycles. The zero-order valence-electron chi connectivity index (χ0n) is 9.62. The average molecular weight is 226 g/mol. The zero-order valence-corrected chi connectivity index (χ0v) is 9.62. The van der Waals surface area contributed by atoms with E-state index < -0.39 is 11.8 Å². The maximum Gasteiger partial charge on any atom is 0.344 e. The van der Waals surface area contributed by atoms with Gasteiger partial charge < -0.3 is 9.47 Å². The molecule has 0 atom stereocenters. The first-order valence-corrected chi connectivity index (χ1v) is 5.07. The fourth-order valence-corrected chi connectivity index (χ4v) is 1.16. The SMILES string of the molecule is Cc1ccc(F)cc1OCC(=O)OC(C)C. The predicted molar refractivity (Wildman–Crippen MR) is 57.9 cm³/mol. The molecule has 0 aliphatic rings. The summed E-state index contributed by atoms with van der Waals surface area (Å²) in [5.74, 6) is -0.489. The molecule has 0 radical (unpaired) electrons. The molecule has 0 spiro atoms. The van der Waals surface area contributed by atoms with Crippen LogP contribution in [0.15, 0.2) is 18.2 Å². The van der Waals surface area contributed by atoms with Crippen LogP contribution in [0.5, 0.6) is 5.75 Å². The first kappa shape index (κ1) is 12.5. The lowest BCUT2D eigenvalue weighted by Gasteiger charge is -2.10. The van der Waals surface area contributed by atoms with Crippen molar-refractivity contribution in [2.24, 2.45) is 0 Å². The summed E-state index contributed by atoms with van der Waals surface area (Å²) in [6.45, 7) is 5.09. The second kappa shape index (κ2) is 5.49. The lowest BCUT2D eigenvalue weighted by Crippen LogP contribution is -2.19. The molecule has 1 aromatic carbocycles. The van der Waals surface area contributed by atoms with E-state index in [-0.39, 0.29) is 12.7 Å². The highest BCUT2D eigenvalue weighted by atomic mass is 19.1. The van der Waals surface area contributed by atoms with Crippen LogP contribution >= 0.6 is 0 Å². The third-order valence-corrected chi connectivity index (χ3v) is 1.86. The second-order valence-corrected chi connectivity index (χ2v) is 3.74. The van der Waals surface area contributed by atoms with Crippen LogP contribution in [0.1, 0.15) is 19.4 Å². The Morgan fingerprint density at radius 2 is 2.12 bits per heavy atom. The highest BCUT2D eigenvalue weighted by Crippen LogP contribution is 2.18. The van der Waals surface area contributed by atoms with Gasteiger partial charge in [0.25, 0.3) is 0 Å². The average Bonchev–Trinajstić information content (AvgIpc) is 2.18. The highest BCUT2D eigenvalue weighted by Gasteiger charge is 2.08. The van der Waals surface area contributed by atoms with Gasteiger partial charge in [-0.15, -0.1) is 0 Å². The van der Waals surface area contributed by atoms with Crippen LogP contribution in [0.2, 0.25) is 0 Å². The smallest absolute Gasteiger partial charge is 0.344 e. The van der Waals surface area contributed by atoms with Crippen LogP contribution in [0.25, 0.3) is 0 Å². The topological polar surface area (TPSA) is 35.5 Å². The third-order valence-electron chi connectivity index (χ3n) is 1.86. The molecule has 0 fully saturated rings. The molecule has 0 N–H and O–H groups in total. The molecular formula is C12H15FO3. The standard InChI is InChI=1S/C12H15FO3/c1-8(2)16-12(14)7-15-11-6-10(13)5-4-9(11)3/h4-6,8H,7H2,1-3H3. The van der Waals surface area contributed by atoms with Gasteiger partial charge in [-0.2, -0.15) is 0 Å². The van der Waals surface area contributed by atoms with E-state index in [1.165, 1.54) is 12.1 Å². The zero-order chi connectivity index (χ0) is 12.1. The van der Waals surface area contributed by atoms with Gasteiger partial charge in [0, 0.05) is 6.07 Å². The van der Waals surface area contributed by atoms with Crippen molar-refractivity contribution in [3.8, 4) is 5.75 Å². The predicted octanol–water partition coefficient (Wildman–Crippen LogP) is 2.46. The molecular weight excluding hydrogens is 211 g/mol. The monoisotopic (exact) mass is 226 g/mol. The van der Waals surface area contributed by atoms with Gasteiger partial charge in [-0.3, -0.25) is 0 Å². The van der Waals surface area contributed by atoms with E-state index in [1.54, 1.807) is 26.8 Å². The van der Waals surface area contributed by atoms with Crippen molar-refractivity contribution in [2.45, 2.75) is 26.9 Å². The molecule has 0 aliphatic heterocycles. The molecule has 1 aromatic rings. The molecule has 0 aromatic heterocycles. The van der Waals surface area contributed by atoms with Gasteiger partial charge in [-0.25, -0.2) is 9.18 Å². The van der Waals surface area contributed by atoms with E-state index in [0.29, 0.717) is 5.75 Å². The third kappa shape index (κ3) is 3.88. The number of esters is 1. The van der Waals surface area contributed by atoms with Gasteiger partial charge in [0.1, 0.15) is 11.6 Å². The normalized spacial score (nSPS) is 10.3. The molecule has 1 rings (SSSR count). The van der Waals surface area contributed by atoms with Crippen LogP contribution in [0, 0.1) is 12.7 Å². The van der Waals surface area contributed by atoms with Crippen molar-refractivity contribution in [1.82, 2.24) is 0 Å². The van der Waals surface area contributed by atoms with E-state index in [1.807, 2.05) is 0 Å². The van der Waals surface area contributed by atoms with Gasteiger partial charge in [0.2, 0.25) is 0 Å². The Labute approximate surface area is 94.2 Å². The quantitative estimate of drug-likeness (QED) is 0.740. The lowest BCUT2D eigenvalue weighted by atomic mass is 10.2. The Morgan fingerprint density at radius 1 is 1.44 bits per heavy atom. The maximum absolute atomic E-state index is 12.9. The summed E-state index contributed by atoms with van der Waals surface area (Å²) < 4.78 is 22.9. The fourth-order valence-electron chi connectivity index (χ4n) is 1.16. The number of benzene rings is 1. The Kier molecular flexibility index (Phi) is 4.28. The number of carbonyl (C=O) groups excluding carboxylic acids is 1. The first-order valence-electron chi connectivity index (χ1n) is 5.07. The van der Waals surface area contributed by atoms with Crippen LogP contribution in [-0.4, -0.2) is 18.7 Å². The van der Waals surface area contributed by atoms with Gasteiger partial charge in [0.05, 0.1) is 6.10 Å². The van der Waals surface area contributed by atoms with Crippen molar-refractivity contribution in [1.29, 1.82) is 0 Å². The number of hydrogen-bond acceptors (Lipinski definition) is 3. The molecule has 3 nitrogen and oxygen atoms in total. The first-order chi connectivity index (χ1) is 7.49. The maximum atomic E-state index is 12.9. The highest BCUT2D eigenvalue weighted by molar-refractivity contribution is 5.71. The molecule has 16 heavy (non-hydrogen) atoms. The van der Waals surface area contributed by atoms with Crippen LogP contribution in [-0.2, 0) is 9.53 Å². The molecule has 0 saturated carbocycles. The van der Waals surface area contributed by atoms with E-state index in [4.69, 9.17) is 9.47 Å². The minimum Gasteiger partial charge on any atom is -0.482 e. The summed E-state index contributed by atoms with van der Waals surface area (Å²) in [7, 11) is 0. The Balaban J connectivity index is 2.54. The minimum atomic E-state index is -0.460. The van der Waals surface area contributed by atoms with E-state index >= 15 is 0 Å². The summed E-state index contributed by atoms with van der Waals surface area (Å²) in [6.07, 6.45) is -0.176. The van der Waals surface area contributed by atoms with Crippen molar-refractivity contribution in [3.05, 3.63) is 29.6 Å². The number of rotatable bonds is 4. The minimum absolute atomic E-state index is 0.176. The molecule has 4 heteroatoms. The summed E-state index contributed by atoms with van der Waals surface area (Å²) >= 11 is 0. The Bertz CT molecular complexity index is 375. The van der Waals surface area contributed by atoms with Crippen LogP contribution in [0.4, 0.5) is 4.39 Å². The van der Waals surface area contributed by atoms with Crippen LogP contribution in [0.3, 0.4) is 0 Å². The van der Waals surface area contributed by atoms with Crippen molar-refractivity contribution < 1.29 is 18.7 Å². The number of ether oxygens (including phenoxy) is 2. The molecule has 0 bridgehead atoms. The Morgan fingerprint density at radius 3 is 2.75 bits per heavy atom. The number of halogens is 1. The molecule has 0 saturated heterocycles. The molecule has 88 valence electrons. The van der Waals surface area contributed by atoms with Gasteiger partial charge in [0.15, 0.2) is 6.61 Å². The van der Waals surface area contributed by atoms with Gasteiger partial charge in [-0.05, 0) is 32.4 Å². The van der Waals surface area contributed by atoms with Crippen molar-refractivity contribution in [2.75, 3.05) is 6.61 Å². The molecule has 0 amide bonds. The molecule has 0 unspecified atom stereocenters. The second-order valence-electron chi connectivity index (χ2n) is 3.74. The summed E-state index contributed by atoms with van der Waals surface area (Å²) in [6, 6.07) is 4.19. The van der Waals surface area contributed by atoms with Crippen LogP contribution < -0.4 is 4.74 Å². The van der Waals surface area contributed by atoms with Crippen molar-refractivity contribution in [3.63, 3.8) is 0 Å². The van der Waals surface area contributed by atoms with Gasteiger partial charge >= 0.3 is 5.97 Å². The number of aryl methyl sites for hydroxylation is 1. The summed E-state index contributed by atoms with van der Waals surface area (Å²) in [5.41, 5.74) is 0.777. The number of carbonyl (C=O) groups is 1. The lowest BCUT2D eigenvalue weighted by molar-refractivity contribution is -0.149. The van der Waals surface area contributed by atoms with Crippen molar-refractivity contribution >= 4 is 5.97 Å². The fraction of sp³-hybridized carbons (Fsp3) is 0.417. The Hall–Kier alpha value is -1.58. The van der Waals surface area contributed by atoms with E-state index in [2.05, 4.69) is 0 Å². The van der Waals surface area contributed by atoms with E-state index in [0.717, 1.165) is 5.56 Å². The largest absolute Gasteiger partial charge is 0.482 e. The number of hydrogen-bond donors (Lipinski definition) is 0. The molecule has 0 aliphatic carbocycles. The summed E-state index contributed by atoms with van der Waals surface area (Å²) in [4.78, 5) is 11.2. The van der Waals surface area contributed by atoms with Gasteiger partial charge in [-0.1, -0.05) is 6.07 Å². The summed E-state index contributed by atoms with van der Waals surface area (Å²) in [5, 5.41) is 0. The van der Waals surface area contributed by atoms with E-state index in [9.17, 15) is 9.18 Å².